The van der Waals surface area contributed by atoms with Crippen LogP contribution in [0.5, 0.6) is 0 Å². The van der Waals surface area contributed by atoms with E-state index < -0.39 is 0 Å². The van der Waals surface area contributed by atoms with Crippen molar-refractivity contribution in [3.63, 3.8) is 0 Å². The predicted octanol–water partition coefficient (Wildman–Crippen LogP) is 4.46. The van der Waals surface area contributed by atoms with Gasteiger partial charge < -0.3 is 0 Å². The van der Waals surface area contributed by atoms with E-state index in [0.29, 0.717) is 0 Å². The van der Waals surface area contributed by atoms with Crippen molar-refractivity contribution in [2.45, 2.75) is 64.2 Å². The second-order valence-corrected chi connectivity index (χ2v) is 4.78. The highest BCUT2D eigenvalue weighted by Crippen LogP contribution is 2.30. The third kappa shape index (κ3) is 2.86. The van der Waals surface area contributed by atoms with Gasteiger partial charge in [-0.25, -0.2) is 0 Å². The lowest BCUT2D eigenvalue weighted by Gasteiger charge is -2.07. The van der Waals surface area contributed by atoms with Gasteiger partial charge in [-0.2, -0.15) is 0 Å². The first-order valence-corrected chi connectivity index (χ1v) is 6.15. The van der Waals surface area contributed by atoms with Crippen LogP contribution in [0.4, 0.5) is 0 Å². The van der Waals surface area contributed by atoms with Crippen molar-refractivity contribution >= 4 is 0 Å². The van der Waals surface area contributed by atoms with Crippen molar-refractivity contribution in [1.29, 1.82) is 0 Å². The lowest BCUT2D eigenvalue weighted by molar-refractivity contribution is 0.669. The van der Waals surface area contributed by atoms with Gasteiger partial charge >= 0.3 is 0 Å². The summed E-state index contributed by atoms with van der Waals surface area (Å²) in [4.78, 5) is 0. The molecule has 2 aliphatic carbocycles. The summed E-state index contributed by atoms with van der Waals surface area (Å²) in [6.45, 7) is 0. The van der Waals surface area contributed by atoms with Crippen LogP contribution < -0.4 is 0 Å². The standard InChI is InChI=1S/C13H22/c1-2-4-8-12(7-3-1)11-13-9-5-6-10-13/h11,13H,1-10H2. The van der Waals surface area contributed by atoms with Crippen LogP contribution in [0.25, 0.3) is 0 Å². The lowest BCUT2D eigenvalue weighted by Crippen LogP contribution is -1.90. The Labute approximate surface area is 82.4 Å². The van der Waals surface area contributed by atoms with Gasteiger partial charge in [0.2, 0.25) is 0 Å². The highest BCUT2D eigenvalue weighted by Gasteiger charge is 2.13. The molecule has 0 heterocycles. The number of hydrogen-bond acceptors (Lipinski definition) is 0. The average Bonchev–Trinajstić information content (AvgIpc) is 2.49. The van der Waals surface area contributed by atoms with E-state index in [9.17, 15) is 0 Å². The topological polar surface area (TPSA) is 0 Å². The Morgan fingerprint density at radius 2 is 1.38 bits per heavy atom. The predicted molar refractivity (Wildman–Crippen MR) is 57.7 cm³/mol. The third-order valence-corrected chi connectivity index (χ3v) is 3.62. The SMILES string of the molecule is C(=C1CCCCCC1)C1CCCC1. The van der Waals surface area contributed by atoms with Gasteiger partial charge in [-0.3, -0.25) is 0 Å². The molecule has 0 saturated heterocycles. The van der Waals surface area contributed by atoms with Crippen molar-refractivity contribution in [2.75, 3.05) is 0 Å². The van der Waals surface area contributed by atoms with Crippen molar-refractivity contribution in [1.82, 2.24) is 0 Å². The molecule has 0 spiro atoms. The molecule has 2 fully saturated rings. The van der Waals surface area contributed by atoms with Crippen molar-refractivity contribution in [3.05, 3.63) is 11.6 Å². The summed E-state index contributed by atoms with van der Waals surface area (Å²) in [7, 11) is 0. The van der Waals surface area contributed by atoms with Gasteiger partial charge in [0.25, 0.3) is 0 Å². The Morgan fingerprint density at radius 1 is 0.769 bits per heavy atom. The summed E-state index contributed by atoms with van der Waals surface area (Å²) in [5, 5.41) is 0. The lowest BCUT2D eigenvalue weighted by atomic mass is 9.99. The fourth-order valence-corrected chi connectivity index (χ4v) is 2.81. The van der Waals surface area contributed by atoms with Crippen LogP contribution in [0.3, 0.4) is 0 Å². The first-order chi connectivity index (χ1) is 6.45. The van der Waals surface area contributed by atoms with Crippen LogP contribution in [-0.4, -0.2) is 0 Å². The highest BCUT2D eigenvalue weighted by atomic mass is 14.2. The smallest absolute Gasteiger partial charge is 0.0231 e. The van der Waals surface area contributed by atoms with Crippen LogP contribution >= 0.6 is 0 Å². The van der Waals surface area contributed by atoms with Crippen LogP contribution in [0.1, 0.15) is 64.2 Å². The summed E-state index contributed by atoms with van der Waals surface area (Å²) in [5.41, 5.74) is 1.80. The minimum absolute atomic E-state index is 0.966. The molecule has 0 amide bonds. The maximum absolute atomic E-state index is 2.64. The van der Waals surface area contributed by atoms with Crippen molar-refractivity contribution in [3.8, 4) is 0 Å². The molecule has 2 rings (SSSR count). The first kappa shape index (κ1) is 9.30. The molecule has 0 atom stereocenters. The van der Waals surface area contributed by atoms with E-state index >= 15 is 0 Å². The molecule has 0 bridgehead atoms. The van der Waals surface area contributed by atoms with Gasteiger partial charge in [-0.05, 0) is 44.4 Å². The molecular formula is C13H22. The van der Waals surface area contributed by atoms with E-state index in [1.165, 1.54) is 64.2 Å². The molecule has 0 radical (unpaired) electrons. The summed E-state index contributed by atoms with van der Waals surface area (Å²) in [6, 6.07) is 0. The zero-order valence-electron chi connectivity index (χ0n) is 8.73. The van der Waals surface area contributed by atoms with Gasteiger partial charge in [-0.1, -0.05) is 37.3 Å². The number of hydrogen-bond donors (Lipinski definition) is 0. The second-order valence-electron chi connectivity index (χ2n) is 4.78. The zero-order valence-corrected chi connectivity index (χ0v) is 8.73. The quantitative estimate of drug-likeness (QED) is 0.411. The van der Waals surface area contributed by atoms with E-state index in [1.54, 1.807) is 5.57 Å². The highest BCUT2D eigenvalue weighted by molar-refractivity contribution is 5.06. The normalized spacial score (nSPS) is 26.0. The largest absolute Gasteiger partial charge is 0.0822 e. The number of rotatable bonds is 1. The Morgan fingerprint density at radius 3 is 2.00 bits per heavy atom. The number of allylic oxidation sites excluding steroid dienone is 2. The van der Waals surface area contributed by atoms with E-state index in [4.69, 9.17) is 0 Å². The first-order valence-electron chi connectivity index (χ1n) is 6.15. The van der Waals surface area contributed by atoms with Crippen LogP contribution in [0.15, 0.2) is 11.6 Å². The van der Waals surface area contributed by atoms with Crippen LogP contribution in [-0.2, 0) is 0 Å². The summed E-state index contributed by atoms with van der Waals surface area (Å²) in [5.74, 6) is 0.966. The molecule has 13 heavy (non-hydrogen) atoms. The average molecular weight is 178 g/mol. The molecule has 0 aromatic rings. The maximum Gasteiger partial charge on any atom is -0.0231 e. The molecule has 2 aliphatic rings. The fraction of sp³-hybridized carbons (Fsp3) is 0.846. The Balaban J connectivity index is 1.88. The minimum Gasteiger partial charge on any atom is -0.0822 e. The summed E-state index contributed by atoms with van der Waals surface area (Å²) < 4.78 is 0. The molecule has 0 nitrogen and oxygen atoms in total. The van der Waals surface area contributed by atoms with Gasteiger partial charge in [0.05, 0.1) is 0 Å². The monoisotopic (exact) mass is 178 g/mol. The van der Waals surface area contributed by atoms with Gasteiger partial charge in [0.15, 0.2) is 0 Å². The van der Waals surface area contributed by atoms with Crippen molar-refractivity contribution < 1.29 is 0 Å². The molecule has 2 saturated carbocycles. The molecule has 0 heteroatoms. The van der Waals surface area contributed by atoms with Crippen LogP contribution in [0, 0.1) is 5.92 Å². The Kier molecular flexibility index (Phi) is 3.46. The van der Waals surface area contributed by atoms with Gasteiger partial charge in [-0.15, -0.1) is 0 Å². The summed E-state index contributed by atoms with van der Waals surface area (Å²) >= 11 is 0. The molecule has 74 valence electrons. The van der Waals surface area contributed by atoms with E-state index in [2.05, 4.69) is 6.08 Å². The van der Waals surface area contributed by atoms with Gasteiger partial charge in [0, 0.05) is 0 Å². The maximum atomic E-state index is 2.64. The molecule has 0 unspecified atom stereocenters. The van der Waals surface area contributed by atoms with Crippen LogP contribution in [0.2, 0.25) is 0 Å². The van der Waals surface area contributed by atoms with E-state index in [-0.39, 0.29) is 0 Å². The molecule has 0 aromatic heterocycles. The van der Waals surface area contributed by atoms with E-state index in [1.807, 2.05) is 0 Å². The zero-order chi connectivity index (χ0) is 8.93. The van der Waals surface area contributed by atoms with E-state index in [0.717, 1.165) is 5.92 Å². The minimum atomic E-state index is 0.966. The summed E-state index contributed by atoms with van der Waals surface area (Å²) in [6.07, 6.45) is 17.2. The fourth-order valence-electron chi connectivity index (χ4n) is 2.81. The Hall–Kier alpha value is -0.260. The molecular weight excluding hydrogens is 156 g/mol. The third-order valence-electron chi connectivity index (χ3n) is 3.62. The van der Waals surface area contributed by atoms with Crippen molar-refractivity contribution in [2.24, 2.45) is 5.92 Å². The second kappa shape index (κ2) is 4.83. The Bertz CT molecular complexity index is 162. The molecule has 0 aromatic carbocycles. The molecule has 0 N–H and O–H groups in total. The molecule has 0 aliphatic heterocycles. The van der Waals surface area contributed by atoms with Gasteiger partial charge in [0.1, 0.15) is 0 Å².